The van der Waals surface area contributed by atoms with Gasteiger partial charge in [-0.3, -0.25) is 0 Å². The SMILES string of the molecule is COC(C)(C)CC(C)Nc1cnc(C(=O)O)cn1. The summed E-state index contributed by atoms with van der Waals surface area (Å²) >= 11 is 0. The molecule has 0 aliphatic carbocycles. The highest BCUT2D eigenvalue weighted by Gasteiger charge is 2.20. The number of nitrogens with zero attached hydrogens (tertiary/aromatic N) is 2. The summed E-state index contributed by atoms with van der Waals surface area (Å²) in [6.07, 6.45) is 3.45. The first-order valence-corrected chi connectivity index (χ1v) is 5.71. The van der Waals surface area contributed by atoms with Gasteiger partial charge in [0.1, 0.15) is 5.82 Å². The first kappa shape index (κ1) is 14.4. The van der Waals surface area contributed by atoms with Crippen LogP contribution < -0.4 is 5.32 Å². The molecule has 0 aliphatic heterocycles. The zero-order valence-electron chi connectivity index (χ0n) is 11.1. The van der Waals surface area contributed by atoms with Crippen molar-refractivity contribution in [2.45, 2.75) is 38.8 Å². The lowest BCUT2D eigenvalue weighted by molar-refractivity contribution is 0.0127. The molecule has 0 aliphatic rings. The zero-order chi connectivity index (χ0) is 13.8. The molecule has 0 aromatic carbocycles. The average Bonchev–Trinajstić information content (AvgIpc) is 2.29. The van der Waals surface area contributed by atoms with Crippen LogP contribution in [0.4, 0.5) is 5.82 Å². The zero-order valence-corrected chi connectivity index (χ0v) is 11.1. The molecule has 1 unspecified atom stereocenters. The molecule has 1 rings (SSSR count). The third kappa shape index (κ3) is 4.29. The topological polar surface area (TPSA) is 84.3 Å². The molecule has 1 aromatic heterocycles. The lowest BCUT2D eigenvalue weighted by Gasteiger charge is -2.27. The number of carboxylic acid groups (broad SMARTS) is 1. The third-order valence-corrected chi connectivity index (χ3v) is 2.62. The molecule has 18 heavy (non-hydrogen) atoms. The van der Waals surface area contributed by atoms with E-state index in [0.29, 0.717) is 5.82 Å². The second kappa shape index (κ2) is 5.77. The lowest BCUT2D eigenvalue weighted by Crippen LogP contribution is -2.31. The maximum Gasteiger partial charge on any atom is 0.356 e. The van der Waals surface area contributed by atoms with Crippen molar-refractivity contribution in [3.8, 4) is 0 Å². The summed E-state index contributed by atoms with van der Waals surface area (Å²) in [5.41, 5.74) is -0.286. The van der Waals surface area contributed by atoms with Gasteiger partial charge in [0.2, 0.25) is 0 Å². The van der Waals surface area contributed by atoms with E-state index in [4.69, 9.17) is 9.84 Å². The molecule has 0 fully saturated rings. The molecule has 1 atom stereocenters. The number of anilines is 1. The van der Waals surface area contributed by atoms with E-state index >= 15 is 0 Å². The van der Waals surface area contributed by atoms with E-state index in [-0.39, 0.29) is 17.3 Å². The average molecular weight is 253 g/mol. The fourth-order valence-electron chi connectivity index (χ4n) is 1.64. The van der Waals surface area contributed by atoms with Crippen LogP contribution in [0.1, 0.15) is 37.7 Å². The van der Waals surface area contributed by atoms with Crippen molar-refractivity contribution < 1.29 is 14.6 Å². The van der Waals surface area contributed by atoms with Gasteiger partial charge >= 0.3 is 5.97 Å². The van der Waals surface area contributed by atoms with E-state index in [0.717, 1.165) is 6.42 Å². The van der Waals surface area contributed by atoms with Crippen LogP contribution in [0, 0.1) is 0 Å². The van der Waals surface area contributed by atoms with Gasteiger partial charge < -0.3 is 15.2 Å². The molecular formula is C12H19N3O3. The van der Waals surface area contributed by atoms with Crippen molar-refractivity contribution in [1.29, 1.82) is 0 Å². The Bertz CT molecular complexity index is 404. The van der Waals surface area contributed by atoms with Crippen molar-refractivity contribution in [3.63, 3.8) is 0 Å². The highest BCUT2D eigenvalue weighted by atomic mass is 16.5. The third-order valence-electron chi connectivity index (χ3n) is 2.62. The Morgan fingerprint density at radius 2 is 2.17 bits per heavy atom. The van der Waals surface area contributed by atoms with Crippen LogP contribution in [-0.2, 0) is 4.74 Å². The van der Waals surface area contributed by atoms with E-state index in [1.165, 1.54) is 12.4 Å². The molecule has 0 saturated carbocycles. The number of rotatable bonds is 6. The van der Waals surface area contributed by atoms with Gasteiger partial charge in [0.25, 0.3) is 0 Å². The first-order valence-electron chi connectivity index (χ1n) is 5.71. The standard InChI is InChI=1S/C12H19N3O3/c1-8(5-12(2,3)18-4)15-10-7-13-9(6-14-10)11(16)17/h6-8H,5H2,1-4H3,(H,14,15)(H,16,17). The van der Waals surface area contributed by atoms with Gasteiger partial charge in [-0.05, 0) is 27.2 Å². The number of carboxylic acids is 1. The summed E-state index contributed by atoms with van der Waals surface area (Å²) in [7, 11) is 1.67. The maximum absolute atomic E-state index is 10.6. The Hall–Kier alpha value is -1.69. The van der Waals surface area contributed by atoms with Gasteiger partial charge in [0, 0.05) is 13.2 Å². The van der Waals surface area contributed by atoms with Crippen molar-refractivity contribution in [1.82, 2.24) is 9.97 Å². The number of nitrogens with one attached hydrogen (secondary N) is 1. The molecule has 1 aromatic rings. The molecule has 1 heterocycles. The molecule has 100 valence electrons. The Morgan fingerprint density at radius 1 is 1.50 bits per heavy atom. The Balaban J connectivity index is 2.59. The number of aromatic nitrogens is 2. The van der Waals surface area contributed by atoms with Crippen molar-refractivity contribution in [2.24, 2.45) is 0 Å². The van der Waals surface area contributed by atoms with Gasteiger partial charge in [0.05, 0.1) is 18.0 Å². The van der Waals surface area contributed by atoms with Crippen molar-refractivity contribution in [3.05, 3.63) is 18.1 Å². The number of hydrogen-bond donors (Lipinski definition) is 2. The van der Waals surface area contributed by atoms with Crippen LogP contribution in [0.15, 0.2) is 12.4 Å². The second-order valence-electron chi connectivity index (χ2n) is 4.81. The number of carbonyl (C=O) groups is 1. The second-order valence-corrected chi connectivity index (χ2v) is 4.81. The minimum atomic E-state index is -1.08. The summed E-state index contributed by atoms with van der Waals surface area (Å²) in [5, 5.41) is 11.9. The van der Waals surface area contributed by atoms with Gasteiger partial charge in [-0.15, -0.1) is 0 Å². The van der Waals surface area contributed by atoms with Crippen LogP contribution in [0.3, 0.4) is 0 Å². The van der Waals surface area contributed by atoms with Crippen LogP contribution in [0.25, 0.3) is 0 Å². The predicted molar refractivity (Wildman–Crippen MR) is 67.8 cm³/mol. The van der Waals surface area contributed by atoms with Crippen LogP contribution in [-0.4, -0.2) is 39.8 Å². The number of ether oxygens (including phenoxy) is 1. The van der Waals surface area contributed by atoms with Gasteiger partial charge in [0.15, 0.2) is 5.69 Å². The van der Waals surface area contributed by atoms with Crippen LogP contribution in [0.5, 0.6) is 0 Å². The number of hydrogen-bond acceptors (Lipinski definition) is 5. The van der Waals surface area contributed by atoms with Crippen molar-refractivity contribution >= 4 is 11.8 Å². The molecule has 0 amide bonds. The quantitative estimate of drug-likeness (QED) is 0.804. The summed E-state index contributed by atoms with van der Waals surface area (Å²) in [6, 6.07) is 0.143. The molecule has 0 spiro atoms. The Morgan fingerprint density at radius 3 is 2.61 bits per heavy atom. The molecule has 6 nitrogen and oxygen atoms in total. The highest BCUT2D eigenvalue weighted by molar-refractivity contribution is 5.84. The molecule has 0 bridgehead atoms. The van der Waals surface area contributed by atoms with E-state index in [1.54, 1.807) is 7.11 Å². The smallest absolute Gasteiger partial charge is 0.356 e. The number of methoxy groups -OCH3 is 1. The van der Waals surface area contributed by atoms with E-state index in [1.807, 2.05) is 20.8 Å². The summed E-state index contributed by atoms with van der Waals surface area (Å²) in [6.45, 7) is 6.02. The normalized spacial score (nSPS) is 13.1. The first-order chi connectivity index (χ1) is 8.34. The Labute approximate surface area is 106 Å². The maximum atomic E-state index is 10.6. The minimum absolute atomic E-state index is 0.0644. The van der Waals surface area contributed by atoms with E-state index < -0.39 is 5.97 Å². The van der Waals surface area contributed by atoms with Gasteiger partial charge in [-0.1, -0.05) is 0 Å². The monoisotopic (exact) mass is 253 g/mol. The lowest BCUT2D eigenvalue weighted by atomic mass is 10.00. The molecule has 0 saturated heterocycles. The van der Waals surface area contributed by atoms with Gasteiger partial charge in [-0.25, -0.2) is 14.8 Å². The predicted octanol–water partition coefficient (Wildman–Crippen LogP) is 1.79. The summed E-state index contributed by atoms with van der Waals surface area (Å²) < 4.78 is 5.34. The molecule has 2 N–H and O–H groups in total. The van der Waals surface area contributed by atoms with E-state index in [9.17, 15) is 4.79 Å². The molecule has 0 radical (unpaired) electrons. The van der Waals surface area contributed by atoms with Crippen molar-refractivity contribution in [2.75, 3.05) is 12.4 Å². The summed E-state index contributed by atoms with van der Waals surface area (Å²) in [4.78, 5) is 18.4. The fraction of sp³-hybridized carbons (Fsp3) is 0.583. The van der Waals surface area contributed by atoms with E-state index in [2.05, 4.69) is 15.3 Å². The minimum Gasteiger partial charge on any atom is -0.476 e. The molecular weight excluding hydrogens is 234 g/mol. The van der Waals surface area contributed by atoms with Crippen LogP contribution in [0.2, 0.25) is 0 Å². The Kier molecular flexibility index (Phi) is 4.61. The largest absolute Gasteiger partial charge is 0.476 e. The van der Waals surface area contributed by atoms with Crippen LogP contribution >= 0.6 is 0 Å². The molecule has 6 heteroatoms. The number of aromatic carboxylic acids is 1. The highest BCUT2D eigenvalue weighted by Crippen LogP contribution is 2.17. The fourth-order valence-corrected chi connectivity index (χ4v) is 1.64. The summed E-state index contributed by atoms with van der Waals surface area (Å²) in [5.74, 6) is -0.526. The van der Waals surface area contributed by atoms with Gasteiger partial charge in [-0.2, -0.15) is 0 Å².